The van der Waals surface area contributed by atoms with Crippen molar-refractivity contribution in [2.75, 3.05) is 0 Å². The van der Waals surface area contributed by atoms with E-state index in [1.165, 1.54) is 24.8 Å². The number of hydrogen-bond donors (Lipinski definition) is 0. The van der Waals surface area contributed by atoms with Crippen molar-refractivity contribution >= 4 is 45.2 Å². The van der Waals surface area contributed by atoms with Crippen LogP contribution in [0.5, 0.6) is 0 Å². The first-order chi connectivity index (χ1) is 7.25. The first kappa shape index (κ1) is 9.90. The van der Waals surface area contributed by atoms with E-state index < -0.39 is 0 Å². The van der Waals surface area contributed by atoms with Gasteiger partial charge in [-0.25, -0.2) is 4.98 Å². The Bertz CT molecular complexity index is 517. The molecule has 1 aliphatic rings. The quantitative estimate of drug-likeness (QED) is 0.721. The van der Waals surface area contributed by atoms with E-state index in [0.29, 0.717) is 6.04 Å². The summed E-state index contributed by atoms with van der Waals surface area (Å²) in [6, 6.07) is 4.73. The van der Waals surface area contributed by atoms with Gasteiger partial charge >= 0.3 is 0 Å². The first-order valence-corrected chi connectivity index (χ1v) is 6.53. The first-order valence-electron chi connectivity index (χ1n) is 5.07. The summed E-state index contributed by atoms with van der Waals surface area (Å²) in [6.45, 7) is 0. The van der Waals surface area contributed by atoms with Gasteiger partial charge in [0.2, 0.25) is 0 Å². The van der Waals surface area contributed by atoms with Gasteiger partial charge in [-0.1, -0.05) is 11.6 Å². The lowest BCUT2D eigenvalue weighted by atomic mass is 9.93. The summed E-state index contributed by atoms with van der Waals surface area (Å²) in [5.74, 6) is 0. The maximum absolute atomic E-state index is 6.13. The summed E-state index contributed by atoms with van der Waals surface area (Å²) in [7, 11) is 0. The van der Waals surface area contributed by atoms with Crippen LogP contribution >= 0.6 is 34.2 Å². The molecule has 1 heterocycles. The second-order valence-electron chi connectivity index (χ2n) is 3.99. The molecule has 2 nitrogen and oxygen atoms in total. The number of imidazole rings is 1. The molecule has 1 aromatic heterocycles. The number of fused-ring (bicyclic) bond motifs is 1. The van der Waals surface area contributed by atoms with Crippen LogP contribution in [0.4, 0.5) is 0 Å². The van der Waals surface area contributed by atoms with Crippen LogP contribution in [0, 0.1) is 3.57 Å². The molecule has 0 aliphatic heterocycles. The molecule has 1 fully saturated rings. The molecule has 1 saturated carbocycles. The highest BCUT2D eigenvalue weighted by atomic mass is 127. The van der Waals surface area contributed by atoms with Crippen LogP contribution in [-0.4, -0.2) is 9.55 Å². The fraction of sp³-hybridized carbons (Fsp3) is 0.364. The van der Waals surface area contributed by atoms with Crippen molar-refractivity contribution in [1.82, 2.24) is 9.55 Å². The number of halogens is 2. The molecule has 4 heteroatoms. The Balaban J connectivity index is 2.19. The Morgan fingerprint density at radius 1 is 1.40 bits per heavy atom. The maximum atomic E-state index is 6.13. The van der Waals surface area contributed by atoms with Gasteiger partial charge in [-0.2, -0.15) is 0 Å². The van der Waals surface area contributed by atoms with Crippen molar-refractivity contribution in [3.8, 4) is 0 Å². The van der Waals surface area contributed by atoms with Crippen molar-refractivity contribution in [1.29, 1.82) is 0 Å². The molecule has 0 unspecified atom stereocenters. The Kier molecular flexibility index (Phi) is 2.39. The highest BCUT2D eigenvalue weighted by Gasteiger charge is 2.21. The monoisotopic (exact) mass is 332 g/mol. The molecule has 15 heavy (non-hydrogen) atoms. The minimum atomic E-state index is 0.645. The second kappa shape index (κ2) is 3.63. The van der Waals surface area contributed by atoms with Gasteiger partial charge in [-0.3, -0.25) is 0 Å². The minimum absolute atomic E-state index is 0.645. The molecule has 0 radical (unpaired) electrons. The molecule has 0 spiro atoms. The van der Waals surface area contributed by atoms with Crippen molar-refractivity contribution < 1.29 is 0 Å². The Hall–Kier alpha value is -0.290. The highest BCUT2D eigenvalue weighted by molar-refractivity contribution is 14.1. The summed E-state index contributed by atoms with van der Waals surface area (Å²) < 4.78 is 3.33. The predicted molar refractivity (Wildman–Crippen MR) is 70.3 cm³/mol. The fourth-order valence-electron chi connectivity index (χ4n) is 1.98. The van der Waals surface area contributed by atoms with Crippen molar-refractivity contribution in [3.05, 3.63) is 27.1 Å². The van der Waals surface area contributed by atoms with Crippen LogP contribution in [0.25, 0.3) is 11.0 Å². The molecule has 0 N–H and O–H groups in total. The van der Waals surface area contributed by atoms with Crippen molar-refractivity contribution in [3.63, 3.8) is 0 Å². The van der Waals surface area contributed by atoms with Crippen molar-refractivity contribution in [2.24, 2.45) is 0 Å². The van der Waals surface area contributed by atoms with Gasteiger partial charge < -0.3 is 4.57 Å². The van der Waals surface area contributed by atoms with E-state index in [1.54, 1.807) is 0 Å². The van der Waals surface area contributed by atoms with E-state index in [1.807, 2.05) is 18.5 Å². The van der Waals surface area contributed by atoms with Gasteiger partial charge in [0, 0.05) is 9.61 Å². The molecule has 0 bridgehead atoms. The summed E-state index contributed by atoms with van der Waals surface area (Å²) in [5.41, 5.74) is 2.22. The van der Waals surface area contributed by atoms with E-state index in [9.17, 15) is 0 Å². The number of nitrogens with zero attached hydrogens (tertiary/aromatic N) is 2. The molecule has 0 saturated heterocycles. The van der Waals surface area contributed by atoms with Gasteiger partial charge in [0.1, 0.15) is 0 Å². The molecule has 78 valence electrons. The van der Waals surface area contributed by atoms with Crippen LogP contribution in [0.2, 0.25) is 5.02 Å². The van der Waals surface area contributed by atoms with E-state index in [2.05, 4.69) is 32.1 Å². The van der Waals surface area contributed by atoms with E-state index in [4.69, 9.17) is 11.6 Å². The van der Waals surface area contributed by atoms with Gasteiger partial charge in [0.25, 0.3) is 0 Å². The van der Waals surface area contributed by atoms with E-state index in [0.717, 1.165) is 14.1 Å². The molecular formula is C11H10ClIN2. The standard InChI is InChI=1S/C11H10ClIN2/c12-8-4-11-10(5-9(8)13)14-6-15(11)7-2-1-3-7/h4-7H,1-3H2. The van der Waals surface area contributed by atoms with Gasteiger partial charge in [0.15, 0.2) is 0 Å². The second-order valence-corrected chi connectivity index (χ2v) is 5.56. The third kappa shape index (κ3) is 1.56. The molecule has 3 rings (SSSR count). The van der Waals surface area contributed by atoms with Crippen LogP contribution in [-0.2, 0) is 0 Å². The van der Waals surface area contributed by atoms with Crippen molar-refractivity contribution in [2.45, 2.75) is 25.3 Å². The number of rotatable bonds is 1. The third-order valence-corrected chi connectivity index (χ3v) is 4.61. The lowest BCUT2D eigenvalue weighted by Gasteiger charge is -2.27. The summed E-state index contributed by atoms with van der Waals surface area (Å²) >= 11 is 8.37. The molecular weight excluding hydrogens is 322 g/mol. The smallest absolute Gasteiger partial charge is 0.0960 e. The van der Waals surface area contributed by atoms with Crippen LogP contribution < -0.4 is 0 Å². The lowest BCUT2D eigenvalue weighted by Crippen LogP contribution is -2.15. The minimum Gasteiger partial charge on any atom is -0.327 e. The summed E-state index contributed by atoms with van der Waals surface area (Å²) in [5, 5.41) is 0.823. The van der Waals surface area contributed by atoms with Gasteiger partial charge in [0.05, 0.1) is 22.4 Å². The maximum Gasteiger partial charge on any atom is 0.0960 e. The largest absolute Gasteiger partial charge is 0.327 e. The third-order valence-electron chi connectivity index (χ3n) is 3.08. The van der Waals surface area contributed by atoms with E-state index in [-0.39, 0.29) is 0 Å². The highest BCUT2D eigenvalue weighted by Crippen LogP contribution is 2.35. The fourth-order valence-corrected chi connectivity index (χ4v) is 2.59. The van der Waals surface area contributed by atoms with Gasteiger partial charge in [-0.05, 0) is 54.0 Å². The molecule has 1 aromatic carbocycles. The topological polar surface area (TPSA) is 17.8 Å². The van der Waals surface area contributed by atoms with E-state index >= 15 is 0 Å². The normalized spacial score (nSPS) is 16.9. The van der Waals surface area contributed by atoms with Crippen LogP contribution in [0.1, 0.15) is 25.3 Å². The molecule has 0 atom stereocenters. The predicted octanol–water partition coefficient (Wildman–Crippen LogP) is 4.02. The van der Waals surface area contributed by atoms with Crippen LogP contribution in [0.3, 0.4) is 0 Å². The number of hydrogen-bond acceptors (Lipinski definition) is 1. The molecule has 0 amide bonds. The zero-order chi connectivity index (χ0) is 10.4. The zero-order valence-electron chi connectivity index (χ0n) is 8.08. The Morgan fingerprint density at radius 2 is 2.20 bits per heavy atom. The number of aromatic nitrogens is 2. The average molecular weight is 333 g/mol. The van der Waals surface area contributed by atoms with Gasteiger partial charge in [-0.15, -0.1) is 0 Å². The molecule has 1 aliphatic carbocycles. The SMILES string of the molecule is Clc1cc2c(cc1I)ncn2C1CCC1. The Morgan fingerprint density at radius 3 is 2.87 bits per heavy atom. The molecule has 2 aromatic rings. The Labute approximate surface area is 107 Å². The number of benzene rings is 1. The summed E-state index contributed by atoms with van der Waals surface area (Å²) in [6.07, 6.45) is 5.83. The lowest BCUT2D eigenvalue weighted by molar-refractivity contribution is 0.320. The summed E-state index contributed by atoms with van der Waals surface area (Å²) in [4.78, 5) is 4.42. The zero-order valence-corrected chi connectivity index (χ0v) is 11.0. The average Bonchev–Trinajstić information content (AvgIpc) is 2.48. The van der Waals surface area contributed by atoms with Crippen LogP contribution in [0.15, 0.2) is 18.5 Å².